The molecular weight excluding hydrogens is 646 g/mol. The molecule has 2 aromatic heterocycles. The lowest BCUT2D eigenvalue weighted by molar-refractivity contribution is -0.137. The number of carbonyl (C=O) groups excluding carboxylic acids is 2. The van der Waals surface area contributed by atoms with Gasteiger partial charge in [-0.3, -0.25) is 14.8 Å². The highest BCUT2D eigenvalue weighted by Gasteiger charge is 2.32. The largest absolute Gasteiger partial charge is 0.448 e. The number of amides is 2. The molecule has 47 heavy (non-hydrogen) atoms. The second kappa shape index (κ2) is 15.5. The van der Waals surface area contributed by atoms with Gasteiger partial charge in [-0.05, 0) is 42.2 Å². The second-order valence-corrected chi connectivity index (χ2v) is 10.7. The number of benzene rings is 1. The van der Waals surface area contributed by atoms with Crippen LogP contribution in [0.25, 0.3) is 0 Å². The fourth-order valence-electron chi connectivity index (χ4n) is 4.80. The first-order valence-electron chi connectivity index (χ1n) is 14.2. The minimum absolute atomic E-state index is 0.0370. The SMILES string of the molecule is O=C(C[C@@H](c1ccc(F)cc1)c1cncc(C(F)(F)F)c1)Nc1cncc(F)c1CC[C@@H]1CN[C@H](COC(=O)NCC(F)(F)F)CO1. The fourth-order valence-corrected chi connectivity index (χ4v) is 4.80. The molecule has 3 N–H and O–H groups in total. The first kappa shape index (κ1) is 35.5. The van der Waals surface area contributed by atoms with Crippen molar-refractivity contribution in [1.82, 2.24) is 20.6 Å². The van der Waals surface area contributed by atoms with Crippen LogP contribution in [0.5, 0.6) is 0 Å². The molecule has 1 fully saturated rings. The van der Waals surface area contributed by atoms with E-state index in [1.54, 1.807) is 5.32 Å². The molecule has 0 saturated carbocycles. The van der Waals surface area contributed by atoms with Crippen molar-refractivity contribution in [3.63, 3.8) is 0 Å². The summed E-state index contributed by atoms with van der Waals surface area (Å²) in [6.07, 6.45) is -6.96. The molecule has 3 heterocycles. The lowest BCUT2D eigenvalue weighted by Crippen LogP contribution is -2.49. The molecule has 0 aliphatic carbocycles. The van der Waals surface area contributed by atoms with Crippen LogP contribution in [0.2, 0.25) is 0 Å². The van der Waals surface area contributed by atoms with E-state index in [4.69, 9.17) is 9.47 Å². The Kier molecular flexibility index (Phi) is 11.7. The van der Waals surface area contributed by atoms with Gasteiger partial charge in [0, 0.05) is 36.8 Å². The number of hydrogen-bond donors (Lipinski definition) is 3. The highest BCUT2D eigenvalue weighted by Crippen LogP contribution is 2.34. The van der Waals surface area contributed by atoms with E-state index in [1.807, 2.05) is 0 Å². The number of pyridine rings is 2. The van der Waals surface area contributed by atoms with Gasteiger partial charge < -0.3 is 25.4 Å². The summed E-state index contributed by atoms with van der Waals surface area (Å²) in [4.78, 5) is 32.1. The summed E-state index contributed by atoms with van der Waals surface area (Å²) in [5.41, 5.74) is -0.471. The first-order valence-corrected chi connectivity index (χ1v) is 14.2. The molecule has 17 heteroatoms. The van der Waals surface area contributed by atoms with Gasteiger partial charge in [-0.1, -0.05) is 12.1 Å². The van der Waals surface area contributed by atoms with Crippen molar-refractivity contribution in [1.29, 1.82) is 0 Å². The van der Waals surface area contributed by atoms with E-state index in [2.05, 4.69) is 20.6 Å². The number of nitrogens with one attached hydrogen (secondary N) is 3. The number of alkyl carbamates (subject to hydrolysis) is 1. The summed E-state index contributed by atoms with van der Waals surface area (Å²) in [6.45, 7) is -1.48. The summed E-state index contributed by atoms with van der Waals surface area (Å²) >= 11 is 0. The lowest BCUT2D eigenvalue weighted by atomic mass is 9.88. The molecule has 3 aromatic rings. The highest BCUT2D eigenvalue weighted by molar-refractivity contribution is 5.92. The van der Waals surface area contributed by atoms with Crippen LogP contribution in [0.1, 0.15) is 41.0 Å². The van der Waals surface area contributed by atoms with Crippen molar-refractivity contribution < 1.29 is 54.2 Å². The Morgan fingerprint density at radius 1 is 1.00 bits per heavy atom. The number of anilines is 1. The molecule has 1 aliphatic heterocycles. The molecule has 0 bridgehead atoms. The molecular formula is C30H29F8N5O4. The molecule has 1 aromatic carbocycles. The van der Waals surface area contributed by atoms with E-state index in [1.165, 1.54) is 24.5 Å². The van der Waals surface area contributed by atoms with Crippen molar-refractivity contribution in [3.8, 4) is 0 Å². The predicted molar refractivity (Wildman–Crippen MR) is 150 cm³/mol. The Labute approximate surface area is 263 Å². The number of ether oxygens (including phenoxy) is 2. The van der Waals surface area contributed by atoms with Gasteiger partial charge in [0.15, 0.2) is 0 Å². The number of nitrogens with zero attached hydrogens (tertiary/aromatic N) is 2. The normalized spacial score (nSPS) is 17.5. The topological polar surface area (TPSA) is 114 Å². The zero-order valence-corrected chi connectivity index (χ0v) is 24.4. The zero-order chi connectivity index (χ0) is 34.2. The number of alkyl halides is 6. The molecule has 0 spiro atoms. The van der Waals surface area contributed by atoms with Crippen LogP contribution in [0, 0.1) is 11.6 Å². The second-order valence-electron chi connectivity index (χ2n) is 10.7. The number of morpholine rings is 1. The van der Waals surface area contributed by atoms with Gasteiger partial charge in [-0.15, -0.1) is 0 Å². The van der Waals surface area contributed by atoms with Crippen LogP contribution in [-0.2, 0) is 26.9 Å². The maximum absolute atomic E-state index is 14.9. The Morgan fingerprint density at radius 2 is 1.72 bits per heavy atom. The smallest absolute Gasteiger partial charge is 0.417 e. The molecule has 1 aliphatic rings. The van der Waals surface area contributed by atoms with Crippen molar-refractivity contribution in [3.05, 3.63) is 89.0 Å². The third kappa shape index (κ3) is 10.8. The minimum Gasteiger partial charge on any atom is -0.448 e. The van der Waals surface area contributed by atoms with Crippen LogP contribution in [0.4, 0.5) is 45.6 Å². The van der Waals surface area contributed by atoms with Gasteiger partial charge in [0.2, 0.25) is 5.91 Å². The molecule has 9 nitrogen and oxygen atoms in total. The van der Waals surface area contributed by atoms with Crippen molar-refractivity contribution >= 4 is 17.7 Å². The molecule has 0 unspecified atom stereocenters. The molecule has 4 rings (SSSR count). The number of halogens is 8. The Morgan fingerprint density at radius 3 is 2.38 bits per heavy atom. The fraction of sp³-hybridized carbons (Fsp3) is 0.400. The molecule has 0 radical (unpaired) electrons. The summed E-state index contributed by atoms with van der Waals surface area (Å²) in [5, 5.41) is 7.20. The number of hydrogen-bond acceptors (Lipinski definition) is 7. The quantitative estimate of drug-likeness (QED) is 0.230. The van der Waals surface area contributed by atoms with Gasteiger partial charge in [0.1, 0.15) is 24.8 Å². The minimum atomic E-state index is -4.69. The van der Waals surface area contributed by atoms with Crippen molar-refractivity contribution in [2.24, 2.45) is 0 Å². The van der Waals surface area contributed by atoms with Crippen LogP contribution in [-0.4, -0.2) is 66.6 Å². The maximum atomic E-state index is 14.9. The van der Waals surface area contributed by atoms with Crippen LogP contribution < -0.4 is 16.0 Å². The van der Waals surface area contributed by atoms with Crippen LogP contribution >= 0.6 is 0 Å². The molecule has 2 amide bonds. The number of aromatic nitrogens is 2. The molecule has 1 saturated heterocycles. The average Bonchev–Trinajstić information content (AvgIpc) is 3.02. The van der Waals surface area contributed by atoms with E-state index < -0.39 is 72.6 Å². The monoisotopic (exact) mass is 675 g/mol. The van der Waals surface area contributed by atoms with Crippen LogP contribution in [0.15, 0.2) is 55.1 Å². The third-order valence-corrected chi connectivity index (χ3v) is 7.16. The van der Waals surface area contributed by atoms with E-state index in [0.29, 0.717) is 11.8 Å². The van der Waals surface area contributed by atoms with Crippen molar-refractivity contribution in [2.75, 3.05) is 31.6 Å². The van der Waals surface area contributed by atoms with Gasteiger partial charge in [0.05, 0.1) is 42.4 Å². The number of rotatable bonds is 11. The third-order valence-electron chi connectivity index (χ3n) is 7.16. The molecule has 254 valence electrons. The van der Waals surface area contributed by atoms with E-state index >= 15 is 0 Å². The maximum Gasteiger partial charge on any atom is 0.417 e. The standard InChI is InChI=1S/C30H29F8N5O4/c31-20-3-1-17(2-4-20)24(18-7-19(10-39-9-18)30(36,37)38)8-27(44)43-26-13-40-12-25(32)23(26)6-5-22-11-41-21(14-46-22)15-47-28(45)42-16-29(33,34)35/h1-4,7,9-10,12-13,21-22,24,41H,5-6,8,11,14-16H2,(H,42,45)(H,43,44)/t21-,22+,24-/m0/s1. The highest BCUT2D eigenvalue weighted by atomic mass is 19.4. The van der Waals surface area contributed by atoms with E-state index in [-0.39, 0.29) is 49.4 Å². The first-order chi connectivity index (χ1) is 22.2. The summed E-state index contributed by atoms with van der Waals surface area (Å²) in [5.74, 6) is -2.93. The van der Waals surface area contributed by atoms with E-state index in [0.717, 1.165) is 24.4 Å². The Hall–Kier alpha value is -4.38. The van der Waals surface area contributed by atoms with E-state index in [9.17, 15) is 44.7 Å². The Bertz CT molecular complexity index is 1510. The zero-order valence-electron chi connectivity index (χ0n) is 24.4. The Balaban J connectivity index is 1.36. The predicted octanol–water partition coefficient (Wildman–Crippen LogP) is 5.51. The number of carbonyl (C=O) groups is 2. The molecule has 3 atom stereocenters. The summed E-state index contributed by atoms with van der Waals surface area (Å²) < 4.78 is 116. The van der Waals surface area contributed by atoms with Crippen molar-refractivity contribution in [2.45, 2.75) is 49.7 Å². The van der Waals surface area contributed by atoms with Gasteiger partial charge in [-0.25, -0.2) is 13.6 Å². The van der Waals surface area contributed by atoms with Gasteiger partial charge in [0.25, 0.3) is 0 Å². The van der Waals surface area contributed by atoms with Gasteiger partial charge in [-0.2, -0.15) is 26.3 Å². The average molecular weight is 676 g/mol. The van der Waals surface area contributed by atoms with Gasteiger partial charge >= 0.3 is 18.4 Å². The summed E-state index contributed by atoms with van der Waals surface area (Å²) in [7, 11) is 0. The summed E-state index contributed by atoms with van der Waals surface area (Å²) in [6, 6.07) is 5.30. The lowest BCUT2D eigenvalue weighted by Gasteiger charge is -2.30. The van der Waals surface area contributed by atoms with Crippen LogP contribution in [0.3, 0.4) is 0 Å².